The second kappa shape index (κ2) is 6.76. The highest BCUT2D eigenvalue weighted by atomic mass is 16.2. The van der Waals surface area contributed by atoms with Gasteiger partial charge in [0.25, 0.3) is 0 Å². The van der Waals surface area contributed by atoms with Gasteiger partial charge in [-0.15, -0.1) is 0 Å². The van der Waals surface area contributed by atoms with Crippen LogP contribution in [0.15, 0.2) is 29.3 Å². The van der Waals surface area contributed by atoms with Gasteiger partial charge in [0.15, 0.2) is 5.96 Å². The number of carbonyl (C=O) groups excluding carboxylic acids is 1. The summed E-state index contributed by atoms with van der Waals surface area (Å²) in [5.74, 6) is 0.0322. The van der Waals surface area contributed by atoms with Crippen molar-refractivity contribution in [1.82, 2.24) is 15.5 Å². The van der Waals surface area contributed by atoms with Crippen molar-refractivity contribution in [2.45, 2.75) is 6.54 Å². The Hall–Kier alpha value is -2.28. The van der Waals surface area contributed by atoms with Crippen LogP contribution >= 0.6 is 0 Å². The van der Waals surface area contributed by atoms with Gasteiger partial charge in [0.2, 0.25) is 0 Å². The van der Waals surface area contributed by atoms with E-state index in [4.69, 9.17) is 11.5 Å². The Morgan fingerprint density at radius 2 is 1.90 bits per heavy atom. The predicted molar refractivity (Wildman–Crippen MR) is 78.6 cm³/mol. The van der Waals surface area contributed by atoms with Crippen LogP contribution in [-0.4, -0.2) is 43.1 Å². The number of guanidine groups is 1. The van der Waals surface area contributed by atoms with E-state index in [2.05, 4.69) is 15.6 Å². The molecule has 2 amide bonds. The standard InChI is InChI=1S/C13H20N6O/c14-12(15)18-11-3-1-10(2-4-11)9-17-13(20)19-7-5-16-6-8-19/h1-4,16H,5-9H2,(H,17,20)(H4,14,15,18). The second-order valence-corrected chi connectivity index (χ2v) is 4.60. The van der Waals surface area contributed by atoms with Crippen LogP contribution in [0.4, 0.5) is 10.5 Å². The van der Waals surface area contributed by atoms with Crippen LogP contribution in [0.1, 0.15) is 5.56 Å². The molecular weight excluding hydrogens is 256 g/mol. The highest BCUT2D eigenvalue weighted by Gasteiger charge is 2.15. The summed E-state index contributed by atoms with van der Waals surface area (Å²) in [5.41, 5.74) is 12.3. The Bertz CT molecular complexity index is 474. The average Bonchev–Trinajstić information content (AvgIpc) is 2.46. The number of benzene rings is 1. The number of aliphatic imine (C=N–C) groups is 1. The van der Waals surface area contributed by atoms with Crippen molar-refractivity contribution in [3.8, 4) is 0 Å². The maximum atomic E-state index is 11.9. The molecule has 0 spiro atoms. The van der Waals surface area contributed by atoms with E-state index in [-0.39, 0.29) is 12.0 Å². The van der Waals surface area contributed by atoms with E-state index < -0.39 is 0 Å². The Balaban J connectivity index is 1.84. The van der Waals surface area contributed by atoms with Crippen LogP contribution in [0.3, 0.4) is 0 Å². The molecule has 0 bridgehead atoms. The Labute approximate surface area is 118 Å². The highest BCUT2D eigenvalue weighted by molar-refractivity contribution is 5.79. The molecule has 1 fully saturated rings. The molecular formula is C13H20N6O. The molecule has 1 aliphatic rings. The first-order chi connectivity index (χ1) is 9.65. The molecule has 2 rings (SSSR count). The molecule has 20 heavy (non-hydrogen) atoms. The summed E-state index contributed by atoms with van der Waals surface area (Å²) >= 11 is 0. The molecule has 6 N–H and O–H groups in total. The number of nitrogens with one attached hydrogen (secondary N) is 2. The van der Waals surface area contributed by atoms with Gasteiger partial charge in [-0.25, -0.2) is 9.79 Å². The fraction of sp³-hybridized carbons (Fsp3) is 0.385. The zero-order chi connectivity index (χ0) is 14.4. The van der Waals surface area contributed by atoms with Gasteiger partial charge in [-0.1, -0.05) is 12.1 Å². The molecule has 108 valence electrons. The molecule has 0 aliphatic carbocycles. The van der Waals surface area contributed by atoms with Crippen molar-refractivity contribution in [2.75, 3.05) is 26.2 Å². The van der Waals surface area contributed by atoms with E-state index in [1.807, 2.05) is 29.2 Å². The SMILES string of the molecule is NC(N)=Nc1ccc(CNC(=O)N2CCNCC2)cc1. The maximum Gasteiger partial charge on any atom is 0.317 e. The number of nitrogens with two attached hydrogens (primary N) is 2. The lowest BCUT2D eigenvalue weighted by atomic mass is 10.2. The molecule has 1 saturated heterocycles. The van der Waals surface area contributed by atoms with Crippen molar-refractivity contribution in [1.29, 1.82) is 0 Å². The first-order valence-corrected chi connectivity index (χ1v) is 6.57. The fourth-order valence-electron chi connectivity index (χ4n) is 1.99. The largest absolute Gasteiger partial charge is 0.370 e. The van der Waals surface area contributed by atoms with E-state index in [1.165, 1.54) is 0 Å². The maximum absolute atomic E-state index is 11.9. The molecule has 0 aromatic heterocycles. The average molecular weight is 276 g/mol. The van der Waals surface area contributed by atoms with Gasteiger partial charge < -0.3 is 27.0 Å². The number of carbonyl (C=O) groups is 1. The molecule has 0 atom stereocenters. The summed E-state index contributed by atoms with van der Waals surface area (Å²) in [6.07, 6.45) is 0. The monoisotopic (exact) mass is 276 g/mol. The molecule has 0 radical (unpaired) electrons. The topological polar surface area (TPSA) is 109 Å². The van der Waals surface area contributed by atoms with Crippen molar-refractivity contribution in [2.24, 2.45) is 16.5 Å². The zero-order valence-electron chi connectivity index (χ0n) is 11.3. The van der Waals surface area contributed by atoms with Crippen LogP contribution in [0.25, 0.3) is 0 Å². The van der Waals surface area contributed by atoms with Gasteiger partial charge in [0, 0.05) is 32.7 Å². The fourth-order valence-corrected chi connectivity index (χ4v) is 1.99. The van der Waals surface area contributed by atoms with E-state index in [0.29, 0.717) is 12.2 Å². The number of hydrogen-bond donors (Lipinski definition) is 4. The third-order valence-corrected chi connectivity index (χ3v) is 3.04. The minimum Gasteiger partial charge on any atom is -0.370 e. The predicted octanol–water partition coefficient (Wildman–Crippen LogP) is -0.294. The van der Waals surface area contributed by atoms with Gasteiger partial charge in [0.1, 0.15) is 0 Å². The first-order valence-electron chi connectivity index (χ1n) is 6.57. The van der Waals surface area contributed by atoms with E-state index in [9.17, 15) is 4.79 Å². The normalized spacial score (nSPS) is 14.7. The summed E-state index contributed by atoms with van der Waals surface area (Å²) in [6.45, 7) is 3.68. The van der Waals surface area contributed by atoms with Crippen molar-refractivity contribution < 1.29 is 4.79 Å². The number of hydrogen-bond acceptors (Lipinski definition) is 3. The molecule has 1 aromatic carbocycles. The van der Waals surface area contributed by atoms with Crippen LogP contribution in [0.2, 0.25) is 0 Å². The van der Waals surface area contributed by atoms with Crippen molar-refractivity contribution in [3.63, 3.8) is 0 Å². The van der Waals surface area contributed by atoms with E-state index in [0.717, 1.165) is 31.7 Å². The summed E-state index contributed by atoms with van der Waals surface area (Å²) in [6, 6.07) is 7.37. The van der Waals surface area contributed by atoms with Gasteiger partial charge in [0.05, 0.1) is 5.69 Å². The van der Waals surface area contributed by atoms with E-state index >= 15 is 0 Å². The van der Waals surface area contributed by atoms with Crippen LogP contribution in [0.5, 0.6) is 0 Å². The Morgan fingerprint density at radius 1 is 1.25 bits per heavy atom. The minimum atomic E-state index is -0.0280. The smallest absolute Gasteiger partial charge is 0.317 e. The number of nitrogens with zero attached hydrogens (tertiary/aromatic N) is 2. The summed E-state index contributed by atoms with van der Waals surface area (Å²) in [5, 5.41) is 6.11. The lowest BCUT2D eigenvalue weighted by Gasteiger charge is -2.27. The third-order valence-electron chi connectivity index (χ3n) is 3.04. The number of piperazine rings is 1. The lowest BCUT2D eigenvalue weighted by molar-refractivity contribution is 0.190. The van der Waals surface area contributed by atoms with Gasteiger partial charge in [-0.2, -0.15) is 0 Å². The van der Waals surface area contributed by atoms with Gasteiger partial charge in [-0.05, 0) is 17.7 Å². The van der Waals surface area contributed by atoms with Crippen molar-refractivity contribution >= 4 is 17.7 Å². The quantitative estimate of drug-likeness (QED) is 0.449. The number of rotatable bonds is 3. The first kappa shape index (κ1) is 14.1. The van der Waals surface area contributed by atoms with Gasteiger partial charge in [-0.3, -0.25) is 0 Å². The van der Waals surface area contributed by atoms with Crippen LogP contribution in [0, 0.1) is 0 Å². The zero-order valence-corrected chi connectivity index (χ0v) is 11.3. The van der Waals surface area contributed by atoms with E-state index in [1.54, 1.807) is 0 Å². The minimum absolute atomic E-state index is 0.0280. The number of urea groups is 1. The molecule has 0 saturated carbocycles. The molecule has 7 nitrogen and oxygen atoms in total. The summed E-state index contributed by atoms with van der Waals surface area (Å²) in [4.78, 5) is 17.7. The highest BCUT2D eigenvalue weighted by Crippen LogP contribution is 2.12. The molecule has 1 aromatic rings. The third kappa shape index (κ3) is 4.13. The summed E-state index contributed by atoms with van der Waals surface area (Å²) < 4.78 is 0. The Morgan fingerprint density at radius 3 is 2.50 bits per heavy atom. The molecule has 7 heteroatoms. The van der Waals surface area contributed by atoms with Gasteiger partial charge >= 0.3 is 6.03 Å². The second-order valence-electron chi connectivity index (χ2n) is 4.60. The number of amides is 2. The van der Waals surface area contributed by atoms with Crippen molar-refractivity contribution in [3.05, 3.63) is 29.8 Å². The summed E-state index contributed by atoms with van der Waals surface area (Å²) in [7, 11) is 0. The lowest BCUT2D eigenvalue weighted by Crippen LogP contribution is -2.50. The molecule has 1 aliphatic heterocycles. The van der Waals surface area contributed by atoms with Crippen LogP contribution < -0.4 is 22.1 Å². The molecule has 1 heterocycles. The Kier molecular flexibility index (Phi) is 4.78. The van der Waals surface area contributed by atoms with Crippen LogP contribution in [-0.2, 0) is 6.54 Å². The molecule has 0 unspecified atom stereocenters.